The van der Waals surface area contributed by atoms with E-state index in [2.05, 4.69) is 4.98 Å². The first-order chi connectivity index (χ1) is 5.54. The van der Waals surface area contributed by atoms with E-state index in [1.807, 2.05) is 0 Å². The van der Waals surface area contributed by atoms with Gasteiger partial charge in [0.25, 0.3) is 0 Å². The Morgan fingerprint density at radius 2 is 2.17 bits per heavy atom. The fraction of sp³-hybridized carbons (Fsp3) is 0. The molecule has 12 heavy (non-hydrogen) atoms. The zero-order valence-corrected chi connectivity index (χ0v) is 7.23. The van der Waals surface area contributed by atoms with Gasteiger partial charge in [-0.05, 0) is 0 Å². The number of nitrogens with zero attached hydrogens (tertiary/aromatic N) is 1. The molecule has 0 saturated heterocycles. The lowest BCUT2D eigenvalue weighted by Crippen LogP contribution is -2.04. The topological polar surface area (TPSA) is 76.2 Å². The second-order valence-electron chi connectivity index (χ2n) is 2.00. The van der Waals surface area contributed by atoms with Crippen molar-refractivity contribution in [2.45, 2.75) is 0 Å². The molecule has 0 aliphatic carbocycles. The molecule has 0 spiro atoms. The summed E-state index contributed by atoms with van der Waals surface area (Å²) in [5.41, 5.74) is 5.13. The van der Waals surface area contributed by atoms with E-state index in [0.717, 1.165) is 6.20 Å². The third-order valence-electron chi connectivity index (χ3n) is 1.25. The molecule has 0 unspecified atom stereocenters. The third kappa shape index (κ3) is 1.44. The first-order valence-electron chi connectivity index (χ1n) is 2.86. The van der Waals surface area contributed by atoms with E-state index >= 15 is 0 Å². The summed E-state index contributed by atoms with van der Waals surface area (Å²) in [6.07, 6.45) is 1.06. The Morgan fingerprint density at radius 3 is 2.67 bits per heavy atom. The maximum absolute atomic E-state index is 10.5. The molecule has 1 rings (SSSR count). The molecule has 0 fully saturated rings. The highest BCUT2D eigenvalue weighted by Crippen LogP contribution is 2.28. The van der Waals surface area contributed by atoms with E-state index in [4.69, 9.17) is 34.0 Å². The van der Waals surface area contributed by atoms with Gasteiger partial charge in [-0.3, -0.25) is 0 Å². The zero-order chi connectivity index (χ0) is 9.30. The van der Waals surface area contributed by atoms with Gasteiger partial charge in [0.15, 0.2) is 0 Å². The lowest BCUT2D eigenvalue weighted by Gasteiger charge is -2.02. The van der Waals surface area contributed by atoms with E-state index < -0.39 is 5.97 Å². The number of carboxylic acid groups (broad SMARTS) is 1. The molecular formula is C6H4Cl2N2O2. The number of carboxylic acids is 1. The second kappa shape index (κ2) is 3.16. The molecule has 0 atom stereocenters. The molecule has 0 amide bonds. The minimum atomic E-state index is -1.18. The van der Waals surface area contributed by atoms with Crippen LogP contribution in [0.25, 0.3) is 0 Å². The van der Waals surface area contributed by atoms with Crippen LogP contribution in [-0.4, -0.2) is 16.1 Å². The Balaban J connectivity index is 3.36. The van der Waals surface area contributed by atoms with E-state index in [0.29, 0.717) is 0 Å². The number of halogens is 2. The molecule has 0 aliphatic heterocycles. The fourth-order valence-electron chi connectivity index (χ4n) is 0.647. The van der Waals surface area contributed by atoms with Gasteiger partial charge >= 0.3 is 5.97 Å². The van der Waals surface area contributed by atoms with Gasteiger partial charge < -0.3 is 10.8 Å². The molecule has 0 saturated carbocycles. The van der Waals surface area contributed by atoms with Crippen LogP contribution in [0.1, 0.15) is 10.4 Å². The third-order valence-corrected chi connectivity index (χ3v) is 2.01. The average molecular weight is 207 g/mol. The van der Waals surface area contributed by atoms with E-state index in [9.17, 15) is 4.79 Å². The molecule has 0 aliphatic rings. The van der Waals surface area contributed by atoms with Gasteiger partial charge in [0, 0.05) is 6.20 Å². The molecule has 1 aromatic heterocycles. The van der Waals surface area contributed by atoms with Crippen molar-refractivity contribution in [1.29, 1.82) is 0 Å². The van der Waals surface area contributed by atoms with Crippen LogP contribution in [0.4, 0.5) is 5.69 Å². The van der Waals surface area contributed by atoms with Crippen molar-refractivity contribution in [2.75, 3.05) is 5.73 Å². The summed E-state index contributed by atoms with van der Waals surface area (Å²) >= 11 is 11.0. The molecule has 1 aromatic rings. The monoisotopic (exact) mass is 206 g/mol. The minimum Gasteiger partial charge on any atom is -0.478 e. The van der Waals surface area contributed by atoms with Gasteiger partial charge in [-0.15, -0.1) is 0 Å². The van der Waals surface area contributed by atoms with E-state index in [1.165, 1.54) is 0 Å². The standard InChI is InChI=1S/C6H4Cl2N2O2/c7-3-4(9)2(6(11)12)1-10-5(3)8/h1H,(H2,9,10)(H,11,12). The molecule has 0 radical (unpaired) electrons. The fourth-order valence-corrected chi connectivity index (χ4v) is 0.948. The Labute approximate surface area is 77.9 Å². The van der Waals surface area contributed by atoms with Crippen LogP contribution in [0.2, 0.25) is 10.2 Å². The SMILES string of the molecule is Nc1c(C(=O)O)cnc(Cl)c1Cl. The zero-order valence-electron chi connectivity index (χ0n) is 5.71. The number of aromatic carboxylic acids is 1. The highest BCUT2D eigenvalue weighted by atomic mass is 35.5. The number of hydrogen-bond donors (Lipinski definition) is 2. The van der Waals surface area contributed by atoms with Gasteiger partial charge in [-0.2, -0.15) is 0 Å². The number of carbonyl (C=O) groups is 1. The molecule has 1 heterocycles. The summed E-state index contributed by atoms with van der Waals surface area (Å²) in [7, 11) is 0. The van der Waals surface area contributed by atoms with Crippen molar-refractivity contribution >= 4 is 34.9 Å². The van der Waals surface area contributed by atoms with Gasteiger partial charge in [0.2, 0.25) is 0 Å². The van der Waals surface area contributed by atoms with Crippen LogP contribution >= 0.6 is 23.2 Å². The molecule has 4 nitrogen and oxygen atoms in total. The number of hydrogen-bond acceptors (Lipinski definition) is 3. The van der Waals surface area contributed by atoms with E-state index in [-0.39, 0.29) is 21.4 Å². The van der Waals surface area contributed by atoms with Crippen molar-refractivity contribution in [3.05, 3.63) is 21.9 Å². The van der Waals surface area contributed by atoms with Gasteiger partial charge in [-0.1, -0.05) is 23.2 Å². The number of nitrogen functional groups attached to an aromatic ring is 1. The Morgan fingerprint density at radius 1 is 1.58 bits per heavy atom. The highest BCUT2D eigenvalue weighted by molar-refractivity contribution is 6.43. The van der Waals surface area contributed by atoms with Crippen LogP contribution in [0.3, 0.4) is 0 Å². The quantitative estimate of drug-likeness (QED) is 0.686. The minimum absolute atomic E-state index is 0.000772. The van der Waals surface area contributed by atoms with Gasteiger partial charge in [0.05, 0.1) is 5.69 Å². The van der Waals surface area contributed by atoms with Gasteiger partial charge in [-0.25, -0.2) is 9.78 Å². The smallest absolute Gasteiger partial charge is 0.339 e. The van der Waals surface area contributed by atoms with Crippen LogP contribution < -0.4 is 5.73 Å². The molecule has 3 N–H and O–H groups in total. The predicted molar refractivity (Wildman–Crippen MR) is 45.6 cm³/mol. The summed E-state index contributed by atoms with van der Waals surface area (Å²) in [6, 6.07) is 0. The molecule has 0 bridgehead atoms. The average Bonchev–Trinajstić information content (AvgIpc) is 2.00. The number of rotatable bonds is 1. The molecule has 6 heteroatoms. The summed E-state index contributed by atoms with van der Waals surface area (Å²) in [5, 5.41) is 8.53. The van der Waals surface area contributed by atoms with Crippen molar-refractivity contribution < 1.29 is 9.90 Å². The molecule has 0 aromatic carbocycles. The normalized spacial score (nSPS) is 9.83. The summed E-state index contributed by atoms with van der Waals surface area (Å²) in [6.45, 7) is 0. The van der Waals surface area contributed by atoms with Crippen LogP contribution in [0.15, 0.2) is 6.20 Å². The number of nitrogens with two attached hydrogens (primary N) is 1. The first-order valence-corrected chi connectivity index (χ1v) is 3.62. The Hall–Kier alpha value is -1.00. The second-order valence-corrected chi connectivity index (χ2v) is 2.73. The Kier molecular flexibility index (Phi) is 2.40. The van der Waals surface area contributed by atoms with Crippen molar-refractivity contribution in [3.63, 3.8) is 0 Å². The lowest BCUT2D eigenvalue weighted by atomic mass is 10.2. The van der Waals surface area contributed by atoms with Crippen molar-refractivity contribution in [1.82, 2.24) is 4.98 Å². The Bertz CT molecular complexity index is 341. The maximum atomic E-state index is 10.5. The van der Waals surface area contributed by atoms with Crippen LogP contribution in [-0.2, 0) is 0 Å². The van der Waals surface area contributed by atoms with Crippen molar-refractivity contribution in [2.24, 2.45) is 0 Å². The predicted octanol–water partition coefficient (Wildman–Crippen LogP) is 1.67. The van der Waals surface area contributed by atoms with Crippen LogP contribution in [0.5, 0.6) is 0 Å². The van der Waals surface area contributed by atoms with E-state index in [1.54, 1.807) is 0 Å². The summed E-state index contributed by atoms with van der Waals surface area (Å²) in [5.74, 6) is -1.18. The highest BCUT2D eigenvalue weighted by Gasteiger charge is 2.13. The number of pyridine rings is 1. The first kappa shape index (κ1) is 9.09. The van der Waals surface area contributed by atoms with Crippen LogP contribution in [0, 0.1) is 0 Å². The van der Waals surface area contributed by atoms with Crippen molar-refractivity contribution in [3.8, 4) is 0 Å². The lowest BCUT2D eigenvalue weighted by molar-refractivity contribution is 0.0697. The maximum Gasteiger partial charge on any atom is 0.339 e. The number of aromatic nitrogens is 1. The van der Waals surface area contributed by atoms with Gasteiger partial charge in [0.1, 0.15) is 15.7 Å². The summed E-state index contributed by atoms with van der Waals surface area (Å²) in [4.78, 5) is 14.0. The molecular weight excluding hydrogens is 203 g/mol. The molecule has 64 valence electrons. The largest absolute Gasteiger partial charge is 0.478 e. The summed E-state index contributed by atoms with van der Waals surface area (Å²) < 4.78 is 0. The number of anilines is 1.